The van der Waals surface area contributed by atoms with Gasteiger partial charge in [0.2, 0.25) is 0 Å². The minimum absolute atomic E-state index is 0.0925. The highest BCUT2D eigenvalue weighted by Gasteiger charge is 2.44. The third-order valence-electron chi connectivity index (χ3n) is 2.97. The Morgan fingerprint density at radius 3 is 2.94 bits per heavy atom. The van der Waals surface area contributed by atoms with Crippen molar-refractivity contribution in [1.82, 2.24) is 9.88 Å². The predicted molar refractivity (Wildman–Crippen MR) is 62.7 cm³/mol. The number of carboxylic acids is 1. The number of rotatable bonds is 3. The minimum Gasteiger partial charge on any atom is -0.481 e. The number of aliphatic carboxylic acids is 1. The van der Waals surface area contributed by atoms with Crippen molar-refractivity contribution in [1.29, 1.82) is 0 Å². The van der Waals surface area contributed by atoms with Crippen LogP contribution in [0.5, 0.6) is 0 Å². The van der Waals surface area contributed by atoms with Crippen molar-refractivity contribution in [2.24, 2.45) is 5.41 Å². The summed E-state index contributed by atoms with van der Waals surface area (Å²) in [6.45, 7) is 3.04. The molecule has 7 heteroatoms. The summed E-state index contributed by atoms with van der Waals surface area (Å²) in [4.78, 5) is 16.7. The Bertz CT molecular complexity index is 473. The fraction of sp³-hybridized carbons (Fsp3) is 0.636. The molecule has 18 heavy (non-hydrogen) atoms. The van der Waals surface area contributed by atoms with Crippen LogP contribution in [0.3, 0.4) is 0 Å². The second kappa shape index (κ2) is 4.24. The van der Waals surface area contributed by atoms with Gasteiger partial charge in [-0.05, 0) is 13.8 Å². The van der Waals surface area contributed by atoms with Crippen molar-refractivity contribution in [3.8, 4) is 0 Å². The van der Waals surface area contributed by atoms with Crippen LogP contribution in [0.15, 0.2) is 5.51 Å². The zero-order chi connectivity index (χ0) is 13.6. The molecule has 0 atom stereocenters. The lowest BCUT2D eigenvalue weighted by atomic mass is 9.92. The number of carbonyl (C=O) groups is 1. The normalized spacial score (nSPS) is 19.6. The lowest BCUT2D eigenvalue weighted by Crippen LogP contribution is -2.46. The van der Waals surface area contributed by atoms with Crippen LogP contribution in [0.4, 0.5) is 8.78 Å². The Hall–Kier alpha value is -1.08. The number of hydrogen-bond donors (Lipinski definition) is 1. The van der Waals surface area contributed by atoms with E-state index >= 15 is 0 Å². The average Bonchev–Trinajstić information content (AvgIpc) is 2.64. The average molecular weight is 276 g/mol. The Kier molecular flexibility index (Phi) is 3.14. The second-order valence-electron chi connectivity index (χ2n) is 5.16. The molecule has 0 aliphatic carbocycles. The van der Waals surface area contributed by atoms with Gasteiger partial charge >= 0.3 is 11.9 Å². The largest absolute Gasteiger partial charge is 0.481 e. The van der Waals surface area contributed by atoms with Gasteiger partial charge in [0.05, 0.1) is 17.5 Å². The summed E-state index contributed by atoms with van der Waals surface area (Å²) in [6.07, 6.45) is 0. The number of alkyl halides is 2. The molecule has 1 aromatic rings. The molecule has 0 saturated heterocycles. The molecule has 1 N–H and O–H groups in total. The van der Waals surface area contributed by atoms with E-state index in [-0.39, 0.29) is 12.2 Å². The van der Waals surface area contributed by atoms with Crippen LogP contribution in [0.25, 0.3) is 0 Å². The van der Waals surface area contributed by atoms with Crippen LogP contribution in [-0.2, 0) is 17.3 Å². The van der Waals surface area contributed by atoms with Gasteiger partial charge in [0.25, 0.3) is 0 Å². The highest BCUT2D eigenvalue weighted by Crippen LogP contribution is 2.38. The molecule has 0 radical (unpaired) electrons. The first kappa shape index (κ1) is 13.4. The molecule has 2 rings (SSSR count). The molecule has 0 aromatic carbocycles. The summed E-state index contributed by atoms with van der Waals surface area (Å²) in [5, 5.41) is 9.03. The number of halogens is 2. The minimum atomic E-state index is -3.00. The molecule has 1 aliphatic heterocycles. The van der Waals surface area contributed by atoms with Crippen LogP contribution in [0, 0.1) is 5.41 Å². The van der Waals surface area contributed by atoms with Gasteiger partial charge in [-0.3, -0.25) is 9.69 Å². The van der Waals surface area contributed by atoms with Crippen molar-refractivity contribution >= 4 is 17.3 Å². The van der Waals surface area contributed by atoms with Crippen molar-refractivity contribution in [2.75, 3.05) is 13.1 Å². The summed E-state index contributed by atoms with van der Waals surface area (Å²) in [5.74, 6) is -3.98. The number of aromatic nitrogens is 1. The molecule has 2 heterocycles. The Morgan fingerprint density at radius 2 is 2.33 bits per heavy atom. The van der Waals surface area contributed by atoms with Gasteiger partial charge in [0, 0.05) is 18.0 Å². The monoisotopic (exact) mass is 276 g/mol. The molecule has 4 nitrogen and oxygen atoms in total. The SMILES string of the molecule is CC(C)(CN1Cc2scnc2C(F)(F)C1)C(=O)O. The summed E-state index contributed by atoms with van der Waals surface area (Å²) >= 11 is 1.19. The standard InChI is InChI=1S/C11H14F2N2O2S/c1-10(2,9(16)17)4-15-3-7-8(14-6-18-7)11(12,13)5-15/h6H,3-5H2,1-2H3,(H,16,17). The van der Waals surface area contributed by atoms with E-state index in [4.69, 9.17) is 5.11 Å². The first-order chi connectivity index (χ1) is 8.22. The fourth-order valence-corrected chi connectivity index (χ4v) is 2.89. The highest BCUT2D eigenvalue weighted by atomic mass is 32.1. The number of hydrogen-bond acceptors (Lipinski definition) is 4. The molecule has 1 aliphatic rings. The van der Waals surface area contributed by atoms with Crippen molar-refractivity contribution in [2.45, 2.75) is 26.3 Å². The van der Waals surface area contributed by atoms with Crippen LogP contribution >= 0.6 is 11.3 Å². The number of nitrogens with zero attached hydrogens (tertiary/aromatic N) is 2. The molecule has 0 saturated carbocycles. The maximum atomic E-state index is 13.8. The van der Waals surface area contributed by atoms with E-state index in [1.165, 1.54) is 35.6 Å². The summed E-state index contributed by atoms with van der Waals surface area (Å²) in [6, 6.07) is 0. The quantitative estimate of drug-likeness (QED) is 0.919. The summed E-state index contributed by atoms with van der Waals surface area (Å²) < 4.78 is 27.6. The van der Waals surface area contributed by atoms with E-state index < -0.39 is 23.9 Å². The number of carboxylic acid groups (broad SMARTS) is 1. The molecule has 1 aromatic heterocycles. The van der Waals surface area contributed by atoms with E-state index in [0.717, 1.165) is 0 Å². The lowest BCUT2D eigenvalue weighted by molar-refractivity contribution is -0.149. The van der Waals surface area contributed by atoms with Gasteiger partial charge in [-0.25, -0.2) is 4.98 Å². The molecule has 0 spiro atoms. The van der Waals surface area contributed by atoms with Gasteiger partial charge in [0.1, 0.15) is 5.69 Å². The molecule has 0 bridgehead atoms. The number of thiazole rings is 1. The van der Waals surface area contributed by atoms with E-state index in [9.17, 15) is 13.6 Å². The van der Waals surface area contributed by atoms with Crippen molar-refractivity contribution in [3.63, 3.8) is 0 Å². The predicted octanol–water partition coefficient (Wildman–Crippen LogP) is 2.16. The maximum absolute atomic E-state index is 13.8. The van der Waals surface area contributed by atoms with Crippen LogP contribution in [0.2, 0.25) is 0 Å². The fourth-order valence-electron chi connectivity index (χ4n) is 2.03. The first-order valence-electron chi connectivity index (χ1n) is 5.49. The number of fused-ring (bicyclic) bond motifs is 1. The third-order valence-corrected chi connectivity index (χ3v) is 3.79. The van der Waals surface area contributed by atoms with Crippen LogP contribution in [-0.4, -0.2) is 34.0 Å². The molecular weight excluding hydrogens is 262 g/mol. The van der Waals surface area contributed by atoms with Crippen molar-refractivity contribution < 1.29 is 18.7 Å². The topological polar surface area (TPSA) is 53.4 Å². The van der Waals surface area contributed by atoms with E-state index in [0.29, 0.717) is 11.4 Å². The zero-order valence-electron chi connectivity index (χ0n) is 10.1. The van der Waals surface area contributed by atoms with Gasteiger partial charge in [-0.1, -0.05) is 0 Å². The smallest absolute Gasteiger partial charge is 0.310 e. The summed E-state index contributed by atoms with van der Waals surface area (Å²) in [7, 11) is 0. The van der Waals surface area contributed by atoms with E-state index in [1.807, 2.05) is 0 Å². The molecular formula is C11H14F2N2O2S. The van der Waals surface area contributed by atoms with Crippen molar-refractivity contribution in [3.05, 3.63) is 16.1 Å². The Labute approximate surface area is 107 Å². The molecule has 0 amide bonds. The third kappa shape index (κ3) is 2.37. The highest BCUT2D eigenvalue weighted by molar-refractivity contribution is 7.09. The van der Waals surface area contributed by atoms with Gasteiger partial charge < -0.3 is 5.11 Å². The van der Waals surface area contributed by atoms with Gasteiger partial charge in [0.15, 0.2) is 0 Å². The maximum Gasteiger partial charge on any atom is 0.310 e. The summed E-state index contributed by atoms with van der Waals surface area (Å²) in [5.41, 5.74) is 0.208. The van der Waals surface area contributed by atoms with Gasteiger partial charge in [-0.15, -0.1) is 11.3 Å². The first-order valence-corrected chi connectivity index (χ1v) is 6.37. The van der Waals surface area contributed by atoms with Gasteiger partial charge in [-0.2, -0.15) is 8.78 Å². The second-order valence-corrected chi connectivity index (χ2v) is 6.10. The molecule has 100 valence electrons. The lowest BCUT2D eigenvalue weighted by Gasteiger charge is -2.35. The van der Waals surface area contributed by atoms with Crippen LogP contribution < -0.4 is 0 Å². The zero-order valence-corrected chi connectivity index (χ0v) is 10.9. The molecule has 0 unspecified atom stereocenters. The van der Waals surface area contributed by atoms with E-state index in [1.54, 1.807) is 0 Å². The molecule has 0 fully saturated rings. The van der Waals surface area contributed by atoms with Crippen LogP contribution in [0.1, 0.15) is 24.4 Å². The Balaban J connectivity index is 2.18. The Morgan fingerprint density at radius 1 is 1.67 bits per heavy atom. The van der Waals surface area contributed by atoms with E-state index in [2.05, 4.69) is 4.98 Å².